The van der Waals surface area contributed by atoms with Crippen molar-refractivity contribution in [2.45, 2.75) is 58.4 Å². The average Bonchev–Trinajstić information content (AvgIpc) is 2.33. The zero-order valence-corrected chi connectivity index (χ0v) is 12.3. The van der Waals surface area contributed by atoms with Crippen LogP contribution >= 0.6 is 0 Å². The molecule has 0 saturated carbocycles. The van der Waals surface area contributed by atoms with Gasteiger partial charge in [0.25, 0.3) is 0 Å². The van der Waals surface area contributed by atoms with Crippen molar-refractivity contribution in [3.8, 4) is 5.75 Å². The normalized spacial score (nSPS) is 15.2. The van der Waals surface area contributed by atoms with E-state index in [2.05, 4.69) is 0 Å². The van der Waals surface area contributed by atoms with Gasteiger partial charge in [-0.3, -0.25) is 0 Å². The second-order valence-corrected chi connectivity index (χ2v) is 5.35. The van der Waals surface area contributed by atoms with Crippen LogP contribution in [0.2, 0.25) is 0 Å². The lowest BCUT2D eigenvalue weighted by atomic mass is 10.00. The largest absolute Gasteiger partial charge is 0.479 e. The standard InChI is InChI=1S/C15H22F3NO/c1-5-12(19)14(15(16,17)18)20-13-8-10(4)6-7-11(13)9(2)3/h6-9,12,14H,5,19H2,1-4H3. The first kappa shape index (κ1) is 16.8. The van der Waals surface area contributed by atoms with E-state index in [1.807, 2.05) is 26.8 Å². The van der Waals surface area contributed by atoms with Crippen LogP contribution in [0.5, 0.6) is 5.75 Å². The molecular weight excluding hydrogens is 267 g/mol. The lowest BCUT2D eigenvalue weighted by Gasteiger charge is -2.28. The third-order valence-electron chi connectivity index (χ3n) is 3.23. The van der Waals surface area contributed by atoms with Gasteiger partial charge in [0.05, 0.1) is 6.04 Å². The predicted molar refractivity (Wildman–Crippen MR) is 74.0 cm³/mol. The molecule has 0 radical (unpaired) electrons. The first-order valence-electron chi connectivity index (χ1n) is 6.76. The number of alkyl halides is 3. The van der Waals surface area contributed by atoms with Crippen molar-refractivity contribution < 1.29 is 17.9 Å². The molecule has 5 heteroatoms. The van der Waals surface area contributed by atoms with Crippen molar-refractivity contribution in [1.82, 2.24) is 0 Å². The Labute approximate surface area is 118 Å². The number of aryl methyl sites for hydroxylation is 1. The lowest BCUT2D eigenvalue weighted by Crippen LogP contribution is -2.48. The fourth-order valence-corrected chi connectivity index (χ4v) is 1.97. The molecule has 1 aromatic rings. The Morgan fingerprint density at radius 1 is 1.25 bits per heavy atom. The van der Waals surface area contributed by atoms with Crippen molar-refractivity contribution in [2.75, 3.05) is 0 Å². The molecule has 1 rings (SSSR count). The molecule has 0 amide bonds. The first-order valence-corrected chi connectivity index (χ1v) is 6.76. The smallest absolute Gasteiger partial charge is 0.426 e. The quantitative estimate of drug-likeness (QED) is 0.883. The highest BCUT2D eigenvalue weighted by atomic mass is 19.4. The van der Waals surface area contributed by atoms with E-state index in [4.69, 9.17) is 10.5 Å². The summed E-state index contributed by atoms with van der Waals surface area (Å²) in [6, 6.07) is 4.23. The van der Waals surface area contributed by atoms with E-state index in [0.29, 0.717) is 0 Å². The molecular formula is C15H22F3NO. The molecule has 1 aromatic carbocycles. The van der Waals surface area contributed by atoms with Gasteiger partial charge in [-0.2, -0.15) is 13.2 Å². The van der Waals surface area contributed by atoms with Gasteiger partial charge in [0, 0.05) is 0 Å². The topological polar surface area (TPSA) is 35.2 Å². The maximum atomic E-state index is 13.1. The highest BCUT2D eigenvalue weighted by Gasteiger charge is 2.45. The van der Waals surface area contributed by atoms with E-state index < -0.39 is 18.3 Å². The maximum absolute atomic E-state index is 13.1. The molecule has 0 saturated heterocycles. The molecule has 114 valence electrons. The molecule has 2 atom stereocenters. The summed E-state index contributed by atoms with van der Waals surface area (Å²) in [5.74, 6) is 0.351. The lowest BCUT2D eigenvalue weighted by molar-refractivity contribution is -0.201. The summed E-state index contributed by atoms with van der Waals surface area (Å²) in [6.45, 7) is 7.27. The van der Waals surface area contributed by atoms with Crippen LogP contribution in [0.15, 0.2) is 18.2 Å². The van der Waals surface area contributed by atoms with Crippen molar-refractivity contribution >= 4 is 0 Å². The summed E-state index contributed by atoms with van der Waals surface area (Å²) in [4.78, 5) is 0. The van der Waals surface area contributed by atoms with E-state index in [1.54, 1.807) is 19.1 Å². The summed E-state index contributed by atoms with van der Waals surface area (Å²) in [5, 5.41) is 0. The molecule has 0 aliphatic carbocycles. The SMILES string of the molecule is CCC(N)C(Oc1cc(C)ccc1C(C)C)C(F)(F)F. The predicted octanol–water partition coefficient (Wildman–Crippen LogP) is 4.17. The number of hydrogen-bond donors (Lipinski definition) is 1. The zero-order valence-electron chi connectivity index (χ0n) is 12.3. The van der Waals surface area contributed by atoms with Crippen molar-refractivity contribution in [3.05, 3.63) is 29.3 Å². The Morgan fingerprint density at radius 2 is 1.85 bits per heavy atom. The Hall–Kier alpha value is -1.23. The Morgan fingerprint density at radius 3 is 2.30 bits per heavy atom. The van der Waals surface area contributed by atoms with Gasteiger partial charge in [-0.15, -0.1) is 0 Å². The number of halogens is 3. The monoisotopic (exact) mass is 289 g/mol. The van der Waals surface area contributed by atoms with Crippen LogP contribution in [0.1, 0.15) is 44.2 Å². The van der Waals surface area contributed by atoms with E-state index in [9.17, 15) is 13.2 Å². The molecule has 0 aliphatic rings. The molecule has 0 aromatic heterocycles. The molecule has 0 fully saturated rings. The van der Waals surface area contributed by atoms with Gasteiger partial charge < -0.3 is 10.5 Å². The van der Waals surface area contributed by atoms with Gasteiger partial charge in [-0.1, -0.05) is 32.9 Å². The molecule has 0 heterocycles. The Bertz CT molecular complexity index is 443. The van der Waals surface area contributed by atoms with E-state index in [1.165, 1.54) is 0 Å². The zero-order chi connectivity index (χ0) is 15.5. The molecule has 2 unspecified atom stereocenters. The third kappa shape index (κ3) is 4.13. The second kappa shape index (κ2) is 6.48. The minimum atomic E-state index is -4.48. The number of ether oxygens (including phenoxy) is 1. The first-order chi connectivity index (χ1) is 9.16. The van der Waals surface area contributed by atoms with Crippen molar-refractivity contribution in [1.29, 1.82) is 0 Å². The van der Waals surface area contributed by atoms with Crippen molar-refractivity contribution in [2.24, 2.45) is 5.73 Å². The molecule has 0 spiro atoms. The molecule has 20 heavy (non-hydrogen) atoms. The number of rotatable bonds is 5. The summed E-state index contributed by atoms with van der Waals surface area (Å²) < 4.78 is 44.5. The molecule has 0 bridgehead atoms. The fourth-order valence-electron chi connectivity index (χ4n) is 1.97. The second-order valence-electron chi connectivity index (χ2n) is 5.35. The molecule has 2 N–H and O–H groups in total. The highest BCUT2D eigenvalue weighted by Crippen LogP contribution is 2.33. The van der Waals surface area contributed by atoms with Crippen LogP contribution < -0.4 is 10.5 Å². The van der Waals surface area contributed by atoms with E-state index >= 15 is 0 Å². The van der Waals surface area contributed by atoms with Crippen molar-refractivity contribution in [3.63, 3.8) is 0 Å². The van der Waals surface area contributed by atoms with Gasteiger partial charge in [-0.25, -0.2) is 0 Å². The van der Waals surface area contributed by atoms with Crippen LogP contribution in [0.25, 0.3) is 0 Å². The van der Waals surface area contributed by atoms with Crippen LogP contribution in [0.3, 0.4) is 0 Å². The van der Waals surface area contributed by atoms with Gasteiger partial charge >= 0.3 is 6.18 Å². The van der Waals surface area contributed by atoms with Gasteiger partial charge in [0.2, 0.25) is 6.10 Å². The van der Waals surface area contributed by atoms with Crippen LogP contribution in [0, 0.1) is 6.92 Å². The third-order valence-corrected chi connectivity index (χ3v) is 3.23. The van der Waals surface area contributed by atoms with Gasteiger partial charge in [0.1, 0.15) is 5.75 Å². The number of hydrogen-bond acceptors (Lipinski definition) is 2. The number of nitrogens with two attached hydrogens (primary N) is 1. The van der Waals surface area contributed by atoms with Gasteiger partial charge in [-0.05, 0) is 36.5 Å². The van der Waals surface area contributed by atoms with E-state index in [0.717, 1.165) is 11.1 Å². The number of benzene rings is 1. The maximum Gasteiger partial charge on any atom is 0.426 e. The van der Waals surface area contributed by atoms with Crippen LogP contribution in [0.4, 0.5) is 13.2 Å². The summed E-state index contributed by atoms with van der Waals surface area (Å²) >= 11 is 0. The minimum absolute atomic E-state index is 0.0809. The Balaban J connectivity index is 3.13. The average molecular weight is 289 g/mol. The summed E-state index contributed by atoms with van der Waals surface area (Å²) in [7, 11) is 0. The van der Waals surface area contributed by atoms with Crippen LogP contribution in [-0.4, -0.2) is 18.3 Å². The minimum Gasteiger partial charge on any atom is -0.479 e. The van der Waals surface area contributed by atoms with Crippen LogP contribution in [-0.2, 0) is 0 Å². The van der Waals surface area contributed by atoms with E-state index in [-0.39, 0.29) is 18.1 Å². The Kier molecular flexibility index (Phi) is 5.45. The summed E-state index contributed by atoms with van der Waals surface area (Å²) in [6.07, 6.45) is -6.26. The summed E-state index contributed by atoms with van der Waals surface area (Å²) in [5.41, 5.74) is 7.18. The molecule has 0 aliphatic heterocycles. The molecule has 2 nitrogen and oxygen atoms in total. The highest BCUT2D eigenvalue weighted by molar-refractivity contribution is 5.39. The fraction of sp³-hybridized carbons (Fsp3) is 0.600. The van der Waals surface area contributed by atoms with Gasteiger partial charge in [0.15, 0.2) is 0 Å².